The number of hydrogen-bond acceptors (Lipinski definition) is 2. The Morgan fingerprint density at radius 2 is 1.46 bits per heavy atom. The van der Waals surface area contributed by atoms with Crippen LogP contribution in [0.1, 0.15) is 48.6 Å². The van der Waals surface area contributed by atoms with Crippen LogP contribution >= 0.6 is 0 Å². The summed E-state index contributed by atoms with van der Waals surface area (Å²) in [5.74, 6) is -0.405. The van der Waals surface area contributed by atoms with E-state index in [1.165, 1.54) is 29.7 Å². The lowest BCUT2D eigenvalue weighted by Crippen LogP contribution is -2.29. The number of benzene rings is 3. The van der Waals surface area contributed by atoms with Gasteiger partial charge in [-0.25, -0.2) is 4.79 Å². The summed E-state index contributed by atoms with van der Waals surface area (Å²) in [5.41, 5.74) is 7.24. The molecule has 3 aromatic carbocycles. The number of carbonyl (C=O) groups is 1. The third-order valence-electron chi connectivity index (χ3n) is 6.86. The maximum Gasteiger partial charge on any atom is 0.345 e. The van der Waals surface area contributed by atoms with E-state index in [-0.39, 0.29) is 0 Å². The second kappa shape index (κ2) is 13.0. The summed E-state index contributed by atoms with van der Waals surface area (Å²) in [7, 11) is 0. The van der Waals surface area contributed by atoms with Crippen molar-refractivity contribution in [2.45, 2.75) is 65.0 Å². The van der Waals surface area contributed by atoms with Crippen LogP contribution in [0.25, 0.3) is 11.3 Å². The molecule has 1 N–H and O–H groups in total. The van der Waals surface area contributed by atoms with Crippen molar-refractivity contribution in [1.82, 2.24) is 4.57 Å². The number of aryl methyl sites for hydroxylation is 3. The molecule has 1 aromatic heterocycles. The van der Waals surface area contributed by atoms with E-state index in [0.717, 1.165) is 42.6 Å². The lowest BCUT2D eigenvalue weighted by Gasteiger charge is -2.16. The van der Waals surface area contributed by atoms with Crippen LogP contribution in [0, 0.1) is 6.92 Å². The van der Waals surface area contributed by atoms with Crippen molar-refractivity contribution in [2.75, 3.05) is 0 Å². The molecule has 0 unspecified atom stereocenters. The maximum absolute atomic E-state index is 11.8. The molecule has 4 rings (SSSR count). The molecule has 0 fully saturated rings. The highest BCUT2D eigenvalue weighted by Crippen LogP contribution is 2.26. The van der Waals surface area contributed by atoms with Crippen LogP contribution in [0.15, 0.2) is 91.0 Å². The van der Waals surface area contributed by atoms with Crippen molar-refractivity contribution in [3.8, 4) is 17.0 Å². The molecule has 4 heteroatoms. The van der Waals surface area contributed by atoms with E-state index in [2.05, 4.69) is 54.8 Å². The van der Waals surface area contributed by atoms with Gasteiger partial charge in [-0.1, -0.05) is 67.9 Å². The van der Waals surface area contributed by atoms with Crippen LogP contribution in [-0.2, 0) is 30.6 Å². The van der Waals surface area contributed by atoms with Gasteiger partial charge in [-0.05, 0) is 91.3 Å². The van der Waals surface area contributed by atoms with Crippen molar-refractivity contribution in [3.05, 3.63) is 113 Å². The van der Waals surface area contributed by atoms with Crippen LogP contribution in [0.3, 0.4) is 0 Å². The Labute approximate surface area is 220 Å². The largest absolute Gasteiger partial charge is 0.478 e. The number of rotatable bonds is 13. The molecule has 4 aromatic rings. The predicted octanol–water partition coefficient (Wildman–Crippen LogP) is 7.51. The summed E-state index contributed by atoms with van der Waals surface area (Å²) in [6.45, 7) is 5.32. The second-order valence-electron chi connectivity index (χ2n) is 9.69. The van der Waals surface area contributed by atoms with Gasteiger partial charge in [0.05, 0.1) is 0 Å². The Balaban J connectivity index is 1.37. The second-order valence-corrected chi connectivity index (χ2v) is 9.69. The number of ether oxygens (including phenoxy) is 1. The van der Waals surface area contributed by atoms with Crippen molar-refractivity contribution in [1.29, 1.82) is 0 Å². The molecular weight excluding hydrogens is 458 g/mol. The first-order chi connectivity index (χ1) is 18.0. The van der Waals surface area contributed by atoms with Gasteiger partial charge in [-0.2, -0.15) is 0 Å². The Morgan fingerprint density at radius 3 is 2.08 bits per heavy atom. The van der Waals surface area contributed by atoms with Gasteiger partial charge in [-0.3, -0.25) is 0 Å². The third kappa shape index (κ3) is 7.36. The normalized spacial score (nSPS) is 11.8. The molecule has 0 amide bonds. The number of aliphatic carboxylic acids is 1. The molecule has 0 aliphatic rings. The van der Waals surface area contributed by atoms with E-state index in [9.17, 15) is 9.90 Å². The number of carboxylic acids is 1. The molecule has 37 heavy (non-hydrogen) atoms. The molecule has 0 radical (unpaired) electrons. The fourth-order valence-electron chi connectivity index (χ4n) is 4.69. The molecule has 0 saturated carbocycles. The highest BCUT2D eigenvalue weighted by atomic mass is 16.5. The van der Waals surface area contributed by atoms with E-state index in [1.807, 2.05) is 54.6 Å². The van der Waals surface area contributed by atoms with Gasteiger partial charge in [0, 0.05) is 24.4 Å². The van der Waals surface area contributed by atoms with Gasteiger partial charge in [0.1, 0.15) is 5.75 Å². The lowest BCUT2D eigenvalue weighted by atomic mass is 10.0. The molecule has 1 heterocycles. The smallest absolute Gasteiger partial charge is 0.345 e. The molecular formula is C33H37NO3. The standard InChI is InChI=1S/C33H37NO3/c1-3-4-9-26-14-16-27(17-15-26)12-8-23-34-25(2)13-22-31(34)29-18-20-30(21-19-29)37-32(33(35)36)24-28-10-6-5-7-11-28/h5-7,10-11,13-22,32H,3-4,8-9,12,23-24H2,1-2H3,(H,35,36)/t32-/m1/s1. The van der Waals surface area contributed by atoms with E-state index in [1.54, 1.807) is 0 Å². The Hall–Kier alpha value is -3.79. The molecule has 0 saturated heterocycles. The van der Waals surface area contributed by atoms with Crippen LogP contribution in [0.5, 0.6) is 5.75 Å². The van der Waals surface area contributed by atoms with E-state index in [4.69, 9.17) is 4.74 Å². The van der Waals surface area contributed by atoms with Crippen LogP contribution in [-0.4, -0.2) is 21.7 Å². The minimum absolute atomic E-state index is 0.321. The number of unbranched alkanes of at least 4 members (excludes halogenated alkanes) is 1. The summed E-state index contributed by atoms with van der Waals surface area (Å²) in [6, 6.07) is 30.7. The third-order valence-corrected chi connectivity index (χ3v) is 6.86. The van der Waals surface area contributed by atoms with Crippen LogP contribution in [0.2, 0.25) is 0 Å². The highest BCUT2D eigenvalue weighted by molar-refractivity contribution is 5.73. The zero-order chi connectivity index (χ0) is 26.0. The minimum Gasteiger partial charge on any atom is -0.478 e. The van der Waals surface area contributed by atoms with Crippen LogP contribution < -0.4 is 4.74 Å². The maximum atomic E-state index is 11.8. The summed E-state index contributed by atoms with van der Waals surface area (Å²) >= 11 is 0. The molecule has 1 atom stereocenters. The first kappa shape index (κ1) is 26.3. The molecule has 0 aliphatic carbocycles. The Morgan fingerprint density at radius 1 is 0.811 bits per heavy atom. The van der Waals surface area contributed by atoms with Crippen molar-refractivity contribution in [2.24, 2.45) is 0 Å². The molecule has 0 aliphatic heterocycles. The zero-order valence-electron chi connectivity index (χ0n) is 21.9. The van der Waals surface area contributed by atoms with Crippen molar-refractivity contribution in [3.63, 3.8) is 0 Å². The first-order valence-electron chi connectivity index (χ1n) is 13.3. The minimum atomic E-state index is -0.965. The number of carboxylic acid groups (broad SMARTS) is 1. The average Bonchev–Trinajstić information content (AvgIpc) is 3.29. The quantitative estimate of drug-likeness (QED) is 0.209. The van der Waals surface area contributed by atoms with E-state index >= 15 is 0 Å². The topological polar surface area (TPSA) is 51.5 Å². The van der Waals surface area contributed by atoms with Gasteiger partial charge >= 0.3 is 5.97 Å². The van der Waals surface area contributed by atoms with Gasteiger partial charge in [0.25, 0.3) is 0 Å². The summed E-state index contributed by atoms with van der Waals surface area (Å²) in [6.07, 6.45) is 5.15. The lowest BCUT2D eigenvalue weighted by molar-refractivity contribution is -0.145. The molecule has 192 valence electrons. The average molecular weight is 496 g/mol. The summed E-state index contributed by atoms with van der Waals surface area (Å²) in [5, 5.41) is 9.65. The fraction of sp³-hybridized carbons (Fsp3) is 0.303. The first-order valence-corrected chi connectivity index (χ1v) is 13.3. The van der Waals surface area contributed by atoms with E-state index in [0.29, 0.717) is 12.2 Å². The molecule has 0 bridgehead atoms. The fourth-order valence-corrected chi connectivity index (χ4v) is 4.69. The predicted molar refractivity (Wildman–Crippen MR) is 150 cm³/mol. The summed E-state index contributed by atoms with van der Waals surface area (Å²) < 4.78 is 8.21. The summed E-state index contributed by atoms with van der Waals surface area (Å²) in [4.78, 5) is 11.8. The Bertz CT molecular complexity index is 1260. The number of hydrogen-bond donors (Lipinski definition) is 1. The molecule has 4 nitrogen and oxygen atoms in total. The Kier molecular flexibility index (Phi) is 9.20. The van der Waals surface area contributed by atoms with Gasteiger partial charge in [0.15, 0.2) is 6.10 Å². The monoisotopic (exact) mass is 495 g/mol. The number of nitrogens with zero attached hydrogens (tertiary/aromatic N) is 1. The SMILES string of the molecule is CCCCc1ccc(CCCn2c(C)ccc2-c2ccc(O[C@H](Cc3ccccc3)C(=O)O)cc2)cc1. The highest BCUT2D eigenvalue weighted by Gasteiger charge is 2.20. The zero-order valence-corrected chi connectivity index (χ0v) is 21.9. The van der Waals surface area contributed by atoms with Gasteiger partial charge in [-0.15, -0.1) is 0 Å². The van der Waals surface area contributed by atoms with Crippen molar-refractivity contribution < 1.29 is 14.6 Å². The number of aromatic nitrogens is 1. The van der Waals surface area contributed by atoms with Crippen molar-refractivity contribution >= 4 is 5.97 Å². The molecule has 0 spiro atoms. The van der Waals surface area contributed by atoms with Crippen LogP contribution in [0.4, 0.5) is 0 Å². The van der Waals surface area contributed by atoms with E-state index < -0.39 is 12.1 Å². The van der Waals surface area contributed by atoms with Gasteiger partial charge in [0.2, 0.25) is 0 Å². The van der Waals surface area contributed by atoms with Gasteiger partial charge < -0.3 is 14.4 Å².